The second kappa shape index (κ2) is 6.64. The first kappa shape index (κ1) is 14.0. The van der Waals surface area contributed by atoms with Crippen molar-refractivity contribution < 1.29 is 9.90 Å². The number of halogens is 1. The van der Waals surface area contributed by atoms with Crippen LogP contribution in [0.2, 0.25) is 0 Å². The first-order valence-corrected chi connectivity index (χ1v) is 6.56. The minimum Gasteiger partial charge on any atom is -0.481 e. The second-order valence-corrected chi connectivity index (χ2v) is 4.92. The van der Waals surface area contributed by atoms with E-state index in [1.165, 1.54) is 5.56 Å². The number of aliphatic carboxylic acids is 1. The summed E-state index contributed by atoms with van der Waals surface area (Å²) < 4.78 is 1.08. The second-order valence-electron chi connectivity index (χ2n) is 4.06. The number of carbonyl (C=O) groups is 1. The number of benzene rings is 1. The Morgan fingerprint density at radius 3 is 2.65 bits per heavy atom. The van der Waals surface area contributed by atoms with Crippen LogP contribution in [0.5, 0.6) is 0 Å². The molecule has 0 saturated heterocycles. The molecule has 4 heteroatoms. The number of nitrogens with zero attached hydrogens (tertiary/aromatic N) is 1. The zero-order chi connectivity index (χ0) is 12.8. The van der Waals surface area contributed by atoms with Crippen LogP contribution in [0.3, 0.4) is 0 Å². The van der Waals surface area contributed by atoms with Crippen molar-refractivity contribution >= 4 is 27.6 Å². The van der Waals surface area contributed by atoms with E-state index >= 15 is 0 Å². The fraction of sp³-hybridized carbons (Fsp3) is 0.462. The zero-order valence-corrected chi connectivity index (χ0v) is 11.8. The van der Waals surface area contributed by atoms with Gasteiger partial charge < -0.3 is 10.0 Å². The van der Waals surface area contributed by atoms with Crippen LogP contribution in [0, 0.1) is 6.92 Å². The lowest BCUT2D eigenvalue weighted by atomic mass is 10.2. The third kappa shape index (κ3) is 4.38. The number of hydrogen-bond acceptors (Lipinski definition) is 2. The summed E-state index contributed by atoms with van der Waals surface area (Å²) in [5, 5.41) is 8.74. The quantitative estimate of drug-likeness (QED) is 0.875. The van der Waals surface area contributed by atoms with Crippen molar-refractivity contribution in [2.24, 2.45) is 0 Å². The molecular weight excluding hydrogens is 282 g/mol. The first-order valence-electron chi connectivity index (χ1n) is 5.77. The molecular formula is C13H18BrNO2. The molecule has 1 aromatic rings. The molecule has 94 valence electrons. The van der Waals surface area contributed by atoms with Crippen LogP contribution in [-0.4, -0.2) is 24.2 Å². The summed E-state index contributed by atoms with van der Waals surface area (Å²) in [7, 11) is 0. The van der Waals surface area contributed by atoms with Crippen LogP contribution in [0.25, 0.3) is 0 Å². The molecule has 0 bridgehead atoms. The minimum absolute atomic E-state index is 0.176. The number of anilines is 1. The molecule has 0 unspecified atom stereocenters. The Balaban J connectivity index is 2.81. The highest BCUT2D eigenvalue weighted by Gasteiger charge is 2.08. The molecule has 0 aliphatic rings. The first-order chi connectivity index (χ1) is 8.04. The molecule has 0 aromatic heterocycles. The van der Waals surface area contributed by atoms with Crippen molar-refractivity contribution in [2.75, 3.05) is 18.0 Å². The van der Waals surface area contributed by atoms with Crippen molar-refractivity contribution in [2.45, 2.75) is 26.7 Å². The Hall–Kier alpha value is -1.03. The number of aryl methyl sites for hydroxylation is 1. The highest BCUT2D eigenvalue weighted by Crippen LogP contribution is 2.23. The van der Waals surface area contributed by atoms with Gasteiger partial charge in [-0.25, -0.2) is 0 Å². The van der Waals surface area contributed by atoms with Gasteiger partial charge in [0, 0.05) is 23.2 Å². The molecule has 0 aliphatic heterocycles. The molecule has 17 heavy (non-hydrogen) atoms. The van der Waals surface area contributed by atoms with E-state index < -0.39 is 5.97 Å². The van der Waals surface area contributed by atoms with E-state index in [-0.39, 0.29) is 6.42 Å². The summed E-state index contributed by atoms with van der Waals surface area (Å²) in [6.45, 7) is 5.58. The number of carboxylic acids is 1. The van der Waals surface area contributed by atoms with E-state index in [2.05, 4.69) is 33.8 Å². The Labute approximate surface area is 111 Å². The fourth-order valence-electron chi connectivity index (χ4n) is 1.70. The molecule has 0 radical (unpaired) electrons. The summed E-state index contributed by atoms with van der Waals surface area (Å²) in [6, 6.07) is 6.12. The molecule has 1 aromatic carbocycles. The van der Waals surface area contributed by atoms with E-state index in [4.69, 9.17) is 5.11 Å². The average molecular weight is 300 g/mol. The van der Waals surface area contributed by atoms with Crippen LogP contribution in [0.15, 0.2) is 22.7 Å². The summed E-state index contributed by atoms with van der Waals surface area (Å²) in [4.78, 5) is 12.7. The van der Waals surface area contributed by atoms with Crippen LogP contribution < -0.4 is 4.90 Å². The van der Waals surface area contributed by atoms with Crippen molar-refractivity contribution in [3.63, 3.8) is 0 Å². The summed E-state index contributed by atoms with van der Waals surface area (Å²) >= 11 is 3.47. The third-order valence-electron chi connectivity index (χ3n) is 2.60. The molecule has 0 aliphatic carbocycles. The van der Waals surface area contributed by atoms with Gasteiger partial charge >= 0.3 is 5.97 Å². The molecule has 3 nitrogen and oxygen atoms in total. The average Bonchev–Trinajstić information content (AvgIpc) is 2.28. The summed E-state index contributed by atoms with van der Waals surface area (Å²) in [5.41, 5.74) is 2.26. The van der Waals surface area contributed by atoms with Crippen LogP contribution in [0.4, 0.5) is 5.69 Å². The smallest absolute Gasteiger partial charge is 0.305 e. The van der Waals surface area contributed by atoms with Crippen LogP contribution in [0.1, 0.15) is 25.3 Å². The summed E-state index contributed by atoms with van der Waals surface area (Å²) in [6.07, 6.45) is 1.18. The highest BCUT2D eigenvalue weighted by molar-refractivity contribution is 9.10. The Bertz CT molecular complexity index is 393. The number of hydrogen-bond donors (Lipinski definition) is 1. The van der Waals surface area contributed by atoms with Crippen LogP contribution >= 0.6 is 15.9 Å². The van der Waals surface area contributed by atoms with Gasteiger partial charge in [0.25, 0.3) is 0 Å². The lowest BCUT2D eigenvalue weighted by Crippen LogP contribution is -2.26. The monoisotopic (exact) mass is 299 g/mol. The highest BCUT2D eigenvalue weighted by atomic mass is 79.9. The molecule has 0 saturated carbocycles. The van der Waals surface area contributed by atoms with Gasteiger partial charge in [0.15, 0.2) is 0 Å². The maximum atomic E-state index is 10.6. The van der Waals surface area contributed by atoms with Crippen molar-refractivity contribution in [3.8, 4) is 0 Å². The molecule has 0 amide bonds. The molecule has 1 rings (SSSR count). The largest absolute Gasteiger partial charge is 0.481 e. The fourth-order valence-corrected chi connectivity index (χ4v) is 1.94. The SMILES string of the molecule is CCCN(CCC(=O)O)c1ccc(Br)c(C)c1. The molecule has 0 fully saturated rings. The Kier molecular flexibility index (Phi) is 5.48. The lowest BCUT2D eigenvalue weighted by molar-refractivity contribution is -0.136. The van der Waals surface area contributed by atoms with Crippen molar-refractivity contribution in [1.82, 2.24) is 0 Å². The van der Waals surface area contributed by atoms with E-state index in [9.17, 15) is 4.79 Å². The van der Waals surface area contributed by atoms with Gasteiger partial charge in [-0.2, -0.15) is 0 Å². The van der Waals surface area contributed by atoms with E-state index in [0.29, 0.717) is 6.54 Å². The van der Waals surface area contributed by atoms with E-state index in [1.807, 2.05) is 19.1 Å². The predicted octanol–water partition coefficient (Wildman–Crippen LogP) is 3.45. The Morgan fingerprint density at radius 1 is 1.41 bits per heavy atom. The number of rotatable bonds is 6. The van der Waals surface area contributed by atoms with Crippen LogP contribution in [-0.2, 0) is 4.79 Å². The minimum atomic E-state index is -0.750. The Morgan fingerprint density at radius 2 is 2.12 bits per heavy atom. The van der Waals surface area contributed by atoms with Gasteiger partial charge in [-0.1, -0.05) is 22.9 Å². The standard InChI is InChI=1S/C13H18BrNO2/c1-3-7-15(8-6-13(16)17)11-4-5-12(14)10(2)9-11/h4-5,9H,3,6-8H2,1-2H3,(H,16,17). The van der Waals surface area contributed by atoms with Gasteiger partial charge in [-0.15, -0.1) is 0 Å². The van der Waals surface area contributed by atoms with E-state index in [1.54, 1.807) is 0 Å². The lowest BCUT2D eigenvalue weighted by Gasteiger charge is -2.24. The molecule has 0 heterocycles. The van der Waals surface area contributed by atoms with Crippen molar-refractivity contribution in [1.29, 1.82) is 0 Å². The van der Waals surface area contributed by atoms with Gasteiger partial charge in [0.05, 0.1) is 6.42 Å². The molecule has 0 spiro atoms. The maximum Gasteiger partial charge on any atom is 0.305 e. The predicted molar refractivity (Wildman–Crippen MR) is 73.6 cm³/mol. The normalized spacial score (nSPS) is 10.3. The van der Waals surface area contributed by atoms with Gasteiger partial charge in [-0.05, 0) is 37.1 Å². The topological polar surface area (TPSA) is 40.5 Å². The van der Waals surface area contributed by atoms with E-state index in [0.717, 1.165) is 23.1 Å². The zero-order valence-electron chi connectivity index (χ0n) is 10.2. The van der Waals surface area contributed by atoms with Gasteiger partial charge in [0.1, 0.15) is 0 Å². The van der Waals surface area contributed by atoms with Crippen molar-refractivity contribution in [3.05, 3.63) is 28.2 Å². The third-order valence-corrected chi connectivity index (χ3v) is 3.49. The molecule has 1 N–H and O–H groups in total. The maximum absolute atomic E-state index is 10.6. The van der Waals surface area contributed by atoms with Gasteiger partial charge in [0.2, 0.25) is 0 Å². The summed E-state index contributed by atoms with van der Waals surface area (Å²) in [5.74, 6) is -0.750. The van der Waals surface area contributed by atoms with Gasteiger partial charge in [-0.3, -0.25) is 4.79 Å². The molecule has 0 atom stereocenters. The number of carboxylic acid groups (broad SMARTS) is 1.